The van der Waals surface area contributed by atoms with Gasteiger partial charge < -0.3 is 14.8 Å². The van der Waals surface area contributed by atoms with Crippen molar-refractivity contribution in [3.63, 3.8) is 0 Å². The van der Waals surface area contributed by atoms with Gasteiger partial charge in [0, 0.05) is 13.2 Å². The predicted octanol–water partition coefficient (Wildman–Crippen LogP) is 1.91. The Morgan fingerprint density at radius 1 is 1.71 bits per heavy atom. The molecule has 1 aliphatic heterocycles. The highest BCUT2D eigenvalue weighted by atomic mass is 32.1. The Bertz CT molecular complexity index is 375. The van der Waals surface area contributed by atoms with E-state index in [-0.39, 0.29) is 12.1 Å². The van der Waals surface area contributed by atoms with Crippen molar-refractivity contribution in [1.29, 1.82) is 0 Å². The minimum Gasteiger partial charge on any atom is -0.465 e. The zero-order chi connectivity index (χ0) is 12.1. The summed E-state index contributed by atoms with van der Waals surface area (Å²) in [5.41, 5.74) is 0. The van der Waals surface area contributed by atoms with Crippen molar-refractivity contribution in [3.05, 3.63) is 11.1 Å². The second-order valence-corrected chi connectivity index (χ2v) is 4.92. The van der Waals surface area contributed by atoms with Crippen molar-refractivity contribution in [2.45, 2.75) is 25.4 Å². The van der Waals surface area contributed by atoms with E-state index in [0.717, 1.165) is 31.1 Å². The topological polar surface area (TPSA) is 60.5 Å². The molecule has 0 aromatic carbocycles. The van der Waals surface area contributed by atoms with E-state index in [1.807, 2.05) is 0 Å². The second kappa shape index (κ2) is 5.97. The Balaban J connectivity index is 1.82. The number of aromatic nitrogens is 1. The SMILES string of the molecule is COC(=O)c1cnc(NCC2CCCCO2)s1. The highest BCUT2D eigenvalue weighted by molar-refractivity contribution is 7.17. The smallest absolute Gasteiger partial charge is 0.349 e. The molecule has 5 nitrogen and oxygen atoms in total. The van der Waals surface area contributed by atoms with E-state index in [4.69, 9.17) is 4.74 Å². The molecule has 94 valence electrons. The van der Waals surface area contributed by atoms with Crippen molar-refractivity contribution < 1.29 is 14.3 Å². The zero-order valence-electron chi connectivity index (χ0n) is 9.77. The molecule has 1 N–H and O–H groups in total. The molecular weight excluding hydrogens is 240 g/mol. The maximum atomic E-state index is 11.2. The molecule has 2 heterocycles. The van der Waals surface area contributed by atoms with Gasteiger partial charge >= 0.3 is 5.97 Å². The minimum atomic E-state index is -0.343. The quantitative estimate of drug-likeness (QED) is 0.834. The number of anilines is 1. The third-order valence-electron chi connectivity index (χ3n) is 2.65. The number of nitrogens with one attached hydrogen (secondary N) is 1. The Kier molecular flexibility index (Phi) is 4.33. The molecule has 1 saturated heterocycles. The van der Waals surface area contributed by atoms with Crippen LogP contribution in [-0.4, -0.2) is 37.3 Å². The van der Waals surface area contributed by atoms with Crippen LogP contribution < -0.4 is 5.32 Å². The molecule has 6 heteroatoms. The van der Waals surface area contributed by atoms with Crippen LogP contribution in [0.15, 0.2) is 6.20 Å². The molecule has 1 aliphatic rings. The van der Waals surface area contributed by atoms with Gasteiger partial charge in [0.25, 0.3) is 0 Å². The normalized spacial score (nSPS) is 19.9. The number of carbonyl (C=O) groups is 1. The fourth-order valence-electron chi connectivity index (χ4n) is 1.72. The molecule has 1 aromatic rings. The molecule has 0 amide bonds. The van der Waals surface area contributed by atoms with E-state index in [9.17, 15) is 4.79 Å². The second-order valence-electron chi connectivity index (χ2n) is 3.89. The standard InChI is InChI=1S/C11H16N2O3S/c1-15-10(14)9-7-13-11(17-9)12-6-8-4-2-3-5-16-8/h7-8H,2-6H2,1H3,(H,12,13). The summed E-state index contributed by atoms with van der Waals surface area (Å²) in [6.07, 6.45) is 5.25. The van der Waals surface area contributed by atoms with Crippen molar-refractivity contribution >= 4 is 22.4 Å². The molecule has 0 saturated carbocycles. The van der Waals surface area contributed by atoms with Gasteiger partial charge in [-0.15, -0.1) is 0 Å². The fourth-order valence-corrected chi connectivity index (χ4v) is 2.46. The summed E-state index contributed by atoms with van der Waals surface area (Å²) in [6, 6.07) is 0. The zero-order valence-corrected chi connectivity index (χ0v) is 10.6. The molecule has 1 fully saturated rings. The van der Waals surface area contributed by atoms with Crippen LogP contribution in [0.4, 0.5) is 5.13 Å². The van der Waals surface area contributed by atoms with Crippen LogP contribution in [0.25, 0.3) is 0 Å². The lowest BCUT2D eigenvalue weighted by molar-refractivity contribution is 0.0247. The molecule has 0 aliphatic carbocycles. The number of carbonyl (C=O) groups excluding carboxylic acids is 1. The highest BCUT2D eigenvalue weighted by Crippen LogP contribution is 2.20. The Morgan fingerprint density at radius 2 is 2.59 bits per heavy atom. The van der Waals surface area contributed by atoms with Gasteiger partial charge in [-0.1, -0.05) is 11.3 Å². The third kappa shape index (κ3) is 3.41. The predicted molar refractivity (Wildman–Crippen MR) is 65.5 cm³/mol. The van der Waals surface area contributed by atoms with E-state index in [0.29, 0.717) is 4.88 Å². The third-order valence-corrected chi connectivity index (χ3v) is 3.58. The van der Waals surface area contributed by atoms with Gasteiger partial charge in [-0.05, 0) is 19.3 Å². The van der Waals surface area contributed by atoms with Crippen LogP contribution in [-0.2, 0) is 9.47 Å². The van der Waals surface area contributed by atoms with Crippen LogP contribution in [0.2, 0.25) is 0 Å². The van der Waals surface area contributed by atoms with E-state index < -0.39 is 0 Å². The van der Waals surface area contributed by atoms with Gasteiger partial charge in [-0.2, -0.15) is 0 Å². The lowest BCUT2D eigenvalue weighted by Gasteiger charge is -2.22. The first-order valence-corrected chi connectivity index (χ1v) is 6.51. The summed E-state index contributed by atoms with van der Waals surface area (Å²) in [5, 5.41) is 3.92. The van der Waals surface area contributed by atoms with Gasteiger partial charge in [0.1, 0.15) is 4.88 Å². The summed E-state index contributed by atoms with van der Waals surface area (Å²) in [5.74, 6) is -0.343. The van der Waals surface area contributed by atoms with Crippen molar-refractivity contribution in [2.75, 3.05) is 25.6 Å². The van der Waals surface area contributed by atoms with Crippen LogP contribution in [0.5, 0.6) is 0 Å². The lowest BCUT2D eigenvalue weighted by atomic mass is 10.1. The molecule has 1 atom stereocenters. The average molecular weight is 256 g/mol. The average Bonchev–Trinajstić information content (AvgIpc) is 2.85. The van der Waals surface area contributed by atoms with Crippen molar-refractivity contribution in [1.82, 2.24) is 4.98 Å². The van der Waals surface area contributed by atoms with Gasteiger partial charge in [0.15, 0.2) is 5.13 Å². The van der Waals surface area contributed by atoms with Gasteiger partial charge in [-0.3, -0.25) is 0 Å². The number of hydrogen-bond acceptors (Lipinski definition) is 6. The molecule has 2 rings (SSSR count). The number of thiazole rings is 1. The molecule has 0 bridgehead atoms. The first-order chi connectivity index (χ1) is 8.29. The summed E-state index contributed by atoms with van der Waals surface area (Å²) >= 11 is 1.30. The van der Waals surface area contributed by atoms with Crippen molar-refractivity contribution in [3.8, 4) is 0 Å². The minimum absolute atomic E-state index is 0.259. The summed E-state index contributed by atoms with van der Waals surface area (Å²) < 4.78 is 10.2. The van der Waals surface area contributed by atoms with Crippen LogP contribution >= 0.6 is 11.3 Å². The van der Waals surface area contributed by atoms with E-state index >= 15 is 0 Å². The molecule has 17 heavy (non-hydrogen) atoms. The number of methoxy groups -OCH3 is 1. The first-order valence-electron chi connectivity index (χ1n) is 5.69. The molecule has 1 unspecified atom stereocenters. The fraction of sp³-hybridized carbons (Fsp3) is 0.636. The number of esters is 1. The van der Waals surface area contributed by atoms with Crippen LogP contribution in [0, 0.1) is 0 Å². The maximum Gasteiger partial charge on any atom is 0.349 e. The maximum absolute atomic E-state index is 11.2. The van der Waals surface area contributed by atoms with E-state index in [1.54, 1.807) is 0 Å². The summed E-state index contributed by atoms with van der Waals surface area (Å²) in [7, 11) is 1.37. The molecular formula is C11H16N2O3S. The van der Waals surface area contributed by atoms with Crippen molar-refractivity contribution in [2.24, 2.45) is 0 Å². The largest absolute Gasteiger partial charge is 0.465 e. The van der Waals surface area contributed by atoms with Gasteiger partial charge in [-0.25, -0.2) is 9.78 Å². The lowest BCUT2D eigenvalue weighted by Crippen LogP contribution is -2.26. The Morgan fingerprint density at radius 3 is 3.29 bits per heavy atom. The Hall–Kier alpha value is -1.14. The van der Waals surface area contributed by atoms with Gasteiger partial charge in [0.2, 0.25) is 0 Å². The first kappa shape index (κ1) is 12.3. The monoisotopic (exact) mass is 256 g/mol. The summed E-state index contributed by atoms with van der Waals surface area (Å²) in [6.45, 7) is 1.59. The Labute approximate surface area is 104 Å². The van der Waals surface area contributed by atoms with Crippen LogP contribution in [0.3, 0.4) is 0 Å². The van der Waals surface area contributed by atoms with E-state index in [2.05, 4.69) is 15.0 Å². The number of hydrogen-bond donors (Lipinski definition) is 1. The molecule has 0 spiro atoms. The molecule has 0 radical (unpaired) electrons. The highest BCUT2D eigenvalue weighted by Gasteiger charge is 2.15. The number of ether oxygens (including phenoxy) is 2. The van der Waals surface area contributed by atoms with E-state index in [1.165, 1.54) is 31.1 Å². The number of nitrogens with zero attached hydrogens (tertiary/aromatic N) is 1. The summed E-state index contributed by atoms with van der Waals surface area (Å²) in [4.78, 5) is 15.9. The molecule has 1 aromatic heterocycles. The van der Waals surface area contributed by atoms with Crippen LogP contribution in [0.1, 0.15) is 28.9 Å². The van der Waals surface area contributed by atoms with Gasteiger partial charge in [0.05, 0.1) is 19.4 Å². The number of rotatable bonds is 4.